The first-order chi connectivity index (χ1) is 15.0. The Balaban J connectivity index is 1.31. The van der Waals surface area contributed by atoms with Crippen LogP contribution in [-0.2, 0) is 16.1 Å². The van der Waals surface area contributed by atoms with Crippen molar-refractivity contribution in [1.82, 2.24) is 19.7 Å². The fraction of sp³-hybridized carbons (Fsp3) is 0.391. The molecule has 1 unspecified atom stereocenters. The number of carbonyl (C=O) groups excluding carboxylic acids is 3. The third-order valence-corrected chi connectivity index (χ3v) is 5.88. The molecular weight excluding hydrogens is 396 g/mol. The highest BCUT2D eigenvalue weighted by Crippen LogP contribution is 2.23. The second-order valence-electron chi connectivity index (χ2n) is 7.88. The molecule has 162 valence electrons. The number of amides is 3. The van der Waals surface area contributed by atoms with Gasteiger partial charge in [-0.2, -0.15) is 0 Å². The molecule has 0 spiro atoms. The van der Waals surface area contributed by atoms with E-state index in [1.54, 1.807) is 58.5 Å². The van der Waals surface area contributed by atoms with Crippen LogP contribution in [0.25, 0.3) is 0 Å². The van der Waals surface area contributed by atoms with Crippen molar-refractivity contribution in [3.05, 3.63) is 59.9 Å². The highest BCUT2D eigenvalue weighted by Gasteiger charge is 2.37. The summed E-state index contributed by atoms with van der Waals surface area (Å²) in [6.07, 6.45) is 3.64. The minimum absolute atomic E-state index is 0.000873. The number of benzene rings is 1. The molecule has 1 atom stereocenters. The van der Waals surface area contributed by atoms with E-state index in [-0.39, 0.29) is 30.1 Å². The lowest BCUT2D eigenvalue weighted by atomic mass is 10.1. The van der Waals surface area contributed by atoms with E-state index in [1.807, 2.05) is 12.1 Å². The van der Waals surface area contributed by atoms with E-state index in [9.17, 15) is 14.4 Å². The number of ether oxygens (including phenoxy) is 1. The van der Waals surface area contributed by atoms with E-state index in [0.717, 1.165) is 5.56 Å². The van der Waals surface area contributed by atoms with Crippen LogP contribution >= 0.6 is 0 Å². The van der Waals surface area contributed by atoms with E-state index in [2.05, 4.69) is 4.98 Å². The van der Waals surface area contributed by atoms with Gasteiger partial charge in [-0.15, -0.1) is 0 Å². The van der Waals surface area contributed by atoms with Crippen LogP contribution in [0.5, 0.6) is 5.75 Å². The Kier molecular flexibility index (Phi) is 6.16. The third kappa shape index (κ3) is 4.68. The molecule has 2 aliphatic heterocycles. The maximum absolute atomic E-state index is 13.0. The van der Waals surface area contributed by atoms with Gasteiger partial charge in [0.25, 0.3) is 5.91 Å². The van der Waals surface area contributed by atoms with Crippen LogP contribution in [0, 0.1) is 5.92 Å². The molecule has 8 nitrogen and oxygen atoms in total. The SMILES string of the molecule is COc1cccc(C(=O)N2CCN(C(=O)C3CC(=O)N(Cc4ccncc4)C3)CC2)c1. The smallest absolute Gasteiger partial charge is 0.254 e. The maximum atomic E-state index is 13.0. The molecule has 4 rings (SSSR count). The van der Waals surface area contributed by atoms with E-state index < -0.39 is 0 Å². The predicted octanol–water partition coefficient (Wildman–Crippen LogP) is 1.42. The molecule has 31 heavy (non-hydrogen) atoms. The van der Waals surface area contributed by atoms with Crippen LogP contribution in [0.2, 0.25) is 0 Å². The second-order valence-corrected chi connectivity index (χ2v) is 7.88. The van der Waals surface area contributed by atoms with Gasteiger partial charge in [-0.25, -0.2) is 0 Å². The van der Waals surface area contributed by atoms with Crippen LogP contribution < -0.4 is 4.74 Å². The zero-order valence-electron chi connectivity index (χ0n) is 17.6. The molecule has 0 aliphatic carbocycles. The zero-order valence-corrected chi connectivity index (χ0v) is 17.6. The fourth-order valence-electron chi connectivity index (χ4n) is 4.13. The molecule has 0 N–H and O–H groups in total. The number of nitrogens with zero attached hydrogens (tertiary/aromatic N) is 4. The molecule has 0 radical (unpaired) electrons. The van der Waals surface area contributed by atoms with Gasteiger partial charge in [-0.3, -0.25) is 19.4 Å². The highest BCUT2D eigenvalue weighted by molar-refractivity contribution is 5.95. The number of likely N-dealkylation sites (tertiary alicyclic amines) is 1. The molecule has 3 amide bonds. The Morgan fingerprint density at radius 2 is 1.77 bits per heavy atom. The van der Waals surface area contributed by atoms with Crippen molar-refractivity contribution in [3.63, 3.8) is 0 Å². The van der Waals surface area contributed by atoms with Gasteiger partial charge < -0.3 is 19.4 Å². The van der Waals surface area contributed by atoms with Gasteiger partial charge in [0, 0.05) is 63.6 Å². The highest BCUT2D eigenvalue weighted by atomic mass is 16.5. The lowest BCUT2D eigenvalue weighted by molar-refractivity contribution is -0.137. The summed E-state index contributed by atoms with van der Waals surface area (Å²) >= 11 is 0. The monoisotopic (exact) mass is 422 g/mol. The number of hydrogen-bond donors (Lipinski definition) is 0. The van der Waals surface area contributed by atoms with Crippen LogP contribution in [0.3, 0.4) is 0 Å². The van der Waals surface area contributed by atoms with E-state index in [0.29, 0.717) is 50.6 Å². The van der Waals surface area contributed by atoms with Crippen LogP contribution in [0.4, 0.5) is 0 Å². The Hall–Kier alpha value is -3.42. The van der Waals surface area contributed by atoms with Crippen LogP contribution in [0.15, 0.2) is 48.8 Å². The number of aromatic nitrogens is 1. The number of pyridine rings is 1. The largest absolute Gasteiger partial charge is 0.497 e. The van der Waals surface area contributed by atoms with Gasteiger partial charge in [0.1, 0.15) is 5.75 Å². The summed E-state index contributed by atoms with van der Waals surface area (Å²) in [6.45, 7) is 2.83. The second kappa shape index (κ2) is 9.16. The van der Waals surface area contributed by atoms with Gasteiger partial charge in [0.05, 0.1) is 13.0 Å². The quantitative estimate of drug-likeness (QED) is 0.728. The lowest BCUT2D eigenvalue weighted by Gasteiger charge is -2.36. The molecule has 8 heteroatoms. The Bertz CT molecular complexity index is 957. The first-order valence-corrected chi connectivity index (χ1v) is 10.4. The normalized spacial score (nSPS) is 18.9. The summed E-state index contributed by atoms with van der Waals surface area (Å²) in [5.41, 5.74) is 1.58. The molecule has 2 aliphatic rings. The average molecular weight is 422 g/mol. The van der Waals surface area contributed by atoms with Crippen molar-refractivity contribution in [2.45, 2.75) is 13.0 Å². The van der Waals surface area contributed by atoms with Crippen molar-refractivity contribution in [3.8, 4) is 5.75 Å². The lowest BCUT2D eigenvalue weighted by Crippen LogP contribution is -2.52. The first-order valence-electron chi connectivity index (χ1n) is 10.4. The number of piperazine rings is 1. The molecule has 2 saturated heterocycles. The Morgan fingerprint density at radius 3 is 2.48 bits per heavy atom. The molecule has 3 heterocycles. The van der Waals surface area contributed by atoms with Crippen LogP contribution in [0.1, 0.15) is 22.3 Å². The molecule has 1 aromatic heterocycles. The van der Waals surface area contributed by atoms with Crippen molar-refractivity contribution in [2.75, 3.05) is 39.8 Å². The number of rotatable bonds is 5. The summed E-state index contributed by atoms with van der Waals surface area (Å²) in [5, 5.41) is 0. The van der Waals surface area contributed by atoms with Crippen molar-refractivity contribution >= 4 is 17.7 Å². The summed E-state index contributed by atoms with van der Waals surface area (Å²) in [4.78, 5) is 47.4. The van der Waals surface area contributed by atoms with Gasteiger partial charge in [-0.1, -0.05) is 6.07 Å². The van der Waals surface area contributed by atoms with Gasteiger partial charge in [0.2, 0.25) is 11.8 Å². The van der Waals surface area contributed by atoms with Crippen LogP contribution in [-0.4, -0.2) is 77.2 Å². The predicted molar refractivity (Wildman–Crippen MR) is 113 cm³/mol. The average Bonchev–Trinajstić information content (AvgIpc) is 3.19. The van der Waals surface area contributed by atoms with Crippen molar-refractivity contribution in [1.29, 1.82) is 0 Å². The topological polar surface area (TPSA) is 83.0 Å². The molecule has 1 aromatic carbocycles. The van der Waals surface area contributed by atoms with Gasteiger partial charge >= 0.3 is 0 Å². The summed E-state index contributed by atoms with van der Waals surface area (Å²) in [6, 6.07) is 10.8. The number of methoxy groups -OCH3 is 1. The van der Waals surface area contributed by atoms with E-state index in [1.165, 1.54) is 0 Å². The number of hydrogen-bond acceptors (Lipinski definition) is 5. The molecule has 2 fully saturated rings. The molecular formula is C23H26N4O4. The van der Waals surface area contributed by atoms with Crippen molar-refractivity contribution in [2.24, 2.45) is 5.92 Å². The maximum Gasteiger partial charge on any atom is 0.254 e. The molecule has 2 aromatic rings. The molecule has 0 bridgehead atoms. The van der Waals surface area contributed by atoms with Gasteiger partial charge in [0.15, 0.2) is 0 Å². The van der Waals surface area contributed by atoms with E-state index in [4.69, 9.17) is 4.74 Å². The summed E-state index contributed by atoms with van der Waals surface area (Å²) < 4.78 is 5.19. The fourth-order valence-corrected chi connectivity index (χ4v) is 4.13. The zero-order chi connectivity index (χ0) is 21.8. The van der Waals surface area contributed by atoms with E-state index >= 15 is 0 Å². The third-order valence-electron chi connectivity index (χ3n) is 5.88. The minimum atomic E-state index is -0.324. The summed E-state index contributed by atoms with van der Waals surface area (Å²) in [7, 11) is 1.57. The van der Waals surface area contributed by atoms with Crippen molar-refractivity contribution < 1.29 is 19.1 Å². The summed E-state index contributed by atoms with van der Waals surface area (Å²) in [5.74, 6) is 0.253. The molecule has 0 saturated carbocycles. The number of carbonyl (C=O) groups is 3. The van der Waals surface area contributed by atoms with Gasteiger partial charge in [-0.05, 0) is 35.9 Å². The Morgan fingerprint density at radius 1 is 1.06 bits per heavy atom. The standard InChI is InChI=1S/C23H26N4O4/c1-31-20-4-2-3-18(13-20)22(29)25-9-11-26(12-10-25)23(30)19-14-21(28)27(16-19)15-17-5-7-24-8-6-17/h2-8,13,19H,9-12,14-16H2,1H3. The first kappa shape index (κ1) is 20.8. The Labute approximate surface area is 181 Å². The minimum Gasteiger partial charge on any atom is -0.497 e.